The molecule has 0 radical (unpaired) electrons. The summed E-state index contributed by atoms with van der Waals surface area (Å²) in [6, 6.07) is 17.7. The Morgan fingerprint density at radius 2 is 1.83 bits per heavy atom. The molecule has 4 nitrogen and oxygen atoms in total. The van der Waals surface area contributed by atoms with E-state index in [1.54, 1.807) is 0 Å². The van der Waals surface area contributed by atoms with Gasteiger partial charge < -0.3 is 16.0 Å². The van der Waals surface area contributed by atoms with Crippen molar-refractivity contribution < 1.29 is 4.79 Å². The van der Waals surface area contributed by atoms with E-state index in [0.717, 1.165) is 11.4 Å². The highest BCUT2D eigenvalue weighted by molar-refractivity contribution is 6.00. The molecule has 4 heteroatoms. The zero-order valence-corrected chi connectivity index (χ0v) is 13.4. The number of nitrogens with two attached hydrogens (primary N) is 1. The molecular weight excluding hydrogens is 286 g/mol. The van der Waals surface area contributed by atoms with Crippen LogP contribution in [0.25, 0.3) is 0 Å². The third-order valence-electron chi connectivity index (χ3n) is 4.38. The number of nitrogens with one attached hydrogen (secondary N) is 1. The van der Waals surface area contributed by atoms with Gasteiger partial charge in [-0.25, -0.2) is 0 Å². The lowest BCUT2D eigenvalue weighted by atomic mass is 10.1. The summed E-state index contributed by atoms with van der Waals surface area (Å²) in [5.41, 5.74) is 8.67. The fraction of sp³-hybridized carbons (Fsp3) is 0.316. The second kappa shape index (κ2) is 6.84. The van der Waals surface area contributed by atoms with E-state index in [-0.39, 0.29) is 11.9 Å². The lowest BCUT2D eigenvalue weighted by molar-refractivity contribution is 0.0951. The SMILES string of the molecule is CN(c1ccccc1)c1ccccc1C(=O)NCC(N)C1CC1. The molecule has 120 valence electrons. The van der Waals surface area contributed by atoms with Gasteiger partial charge in [0, 0.05) is 25.3 Å². The number of hydrogen-bond donors (Lipinski definition) is 2. The van der Waals surface area contributed by atoms with Gasteiger partial charge in [-0.15, -0.1) is 0 Å². The Balaban J connectivity index is 1.75. The van der Waals surface area contributed by atoms with Gasteiger partial charge in [-0.3, -0.25) is 4.79 Å². The smallest absolute Gasteiger partial charge is 0.253 e. The van der Waals surface area contributed by atoms with Crippen LogP contribution in [0.5, 0.6) is 0 Å². The van der Waals surface area contributed by atoms with Gasteiger partial charge in [0.2, 0.25) is 0 Å². The van der Waals surface area contributed by atoms with Crippen molar-refractivity contribution in [2.75, 3.05) is 18.5 Å². The van der Waals surface area contributed by atoms with E-state index in [1.165, 1.54) is 12.8 Å². The summed E-state index contributed by atoms with van der Waals surface area (Å²) in [7, 11) is 1.97. The largest absolute Gasteiger partial charge is 0.350 e. The number of benzene rings is 2. The first-order chi connectivity index (χ1) is 11.2. The van der Waals surface area contributed by atoms with Gasteiger partial charge in [0.25, 0.3) is 5.91 Å². The van der Waals surface area contributed by atoms with Crippen LogP contribution in [-0.4, -0.2) is 25.5 Å². The highest BCUT2D eigenvalue weighted by Crippen LogP contribution is 2.31. The number of carbonyl (C=O) groups excluding carboxylic acids is 1. The molecule has 3 rings (SSSR count). The molecule has 1 amide bonds. The Morgan fingerprint density at radius 1 is 1.17 bits per heavy atom. The molecule has 0 saturated heterocycles. The van der Waals surface area contributed by atoms with E-state index in [4.69, 9.17) is 5.73 Å². The molecule has 2 aromatic carbocycles. The third-order valence-corrected chi connectivity index (χ3v) is 4.38. The molecule has 1 atom stereocenters. The number of amides is 1. The molecule has 0 heterocycles. The van der Waals surface area contributed by atoms with Crippen LogP contribution < -0.4 is 16.0 Å². The second-order valence-corrected chi connectivity index (χ2v) is 6.12. The van der Waals surface area contributed by atoms with Crippen molar-refractivity contribution in [1.29, 1.82) is 0 Å². The van der Waals surface area contributed by atoms with Crippen molar-refractivity contribution in [2.45, 2.75) is 18.9 Å². The predicted octanol–water partition coefficient (Wildman–Crippen LogP) is 2.92. The van der Waals surface area contributed by atoms with Gasteiger partial charge in [-0.2, -0.15) is 0 Å². The topological polar surface area (TPSA) is 58.4 Å². The normalized spacial score (nSPS) is 15.0. The van der Waals surface area contributed by atoms with Crippen LogP contribution in [0.4, 0.5) is 11.4 Å². The first kappa shape index (κ1) is 15.6. The average Bonchev–Trinajstić information content (AvgIpc) is 3.44. The standard InChI is InChI=1S/C19H23N3O/c1-22(15-7-3-2-4-8-15)18-10-6-5-9-16(18)19(23)21-13-17(20)14-11-12-14/h2-10,14,17H,11-13,20H2,1H3,(H,21,23). The van der Waals surface area contributed by atoms with Crippen LogP contribution in [0.3, 0.4) is 0 Å². The minimum atomic E-state index is -0.0699. The van der Waals surface area contributed by atoms with Crippen LogP contribution in [0.2, 0.25) is 0 Å². The highest BCUT2D eigenvalue weighted by Gasteiger charge is 2.28. The van der Waals surface area contributed by atoms with Crippen LogP contribution in [-0.2, 0) is 0 Å². The Morgan fingerprint density at radius 3 is 2.52 bits per heavy atom. The van der Waals surface area contributed by atoms with E-state index in [0.29, 0.717) is 18.0 Å². The maximum absolute atomic E-state index is 12.6. The first-order valence-corrected chi connectivity index (χ1v) is 8.08. The fourth-order valence-electron chi connectivity index (χ4n) is 2.75. The Bertz CT molecular complexity index is 667. The monoisotopic (exact) mass is 309 g/mol. The van der Waals surface area contributed by atoms with Gasteiger partial charge in [-0.1, -0.05) is 30.3 Å². The Labute approximate surface area is 137 Å². The predicted molar refractivity (Wildman–Crippen MR) is 94.0 cm³/mol. The number of rotatable bonds is 6. The van der Waals surface area contributed by atoms with Crippen LogP contribution in [0.1, 0.15) is 23.2 Å². The van der Waals surface area contributed by atoms with E-state index >= 15 is 0 Å². The first-order valence-electron chi connectivity index (χ1n) is 8.08. The van der Waals surface area contributed by atoms with E-state index in [9.17, 15) is 4.79 Å². The van der Waals surface area contributed by atoms with Gasteiger partial charge >= 0.3 is 0 Å². The zero-order chi connectivity index (χ0) is 16.2. The Kier molecular flexibility index (Phi) is 4.63. The van der Waals surface area contributed by atoms with Gasteiger partial charge in [0.05, 0.1) is 11.3 Å². The van der Waals surface area contributed by atoms with Crippen LogP contribution in [0, 0.1) is 5.92 Å². The van der Waals surface area contributed by atoms with E-state index < -0.39 is 0 Å². The summed E-state index contributed by atoms with van der Waals surface area (Å²) < 4.78 is 0. The van der Waals surface area contributed by atoms with Crippen molar-refractivity contribution in [3.8, 4) is 0 Å². The number of nitrogens with zero attached hydrogens (tertiary/aromatic N) is 1. The highest BCUT2D eigenvalue weighted by atomic mass is 16.1. The number of anilines is 2. The van der Waals surface area contributed by atoms with Gasteiger partial charge in [-0.05, 0) is 43.0 Å². The number of para-hydroxylation sites is 2. The molecule has 1 saturated carbocycles. The molecule has 0 aromatic heterocycles. The maximum atomic E-state index is 12.6. The van der Waals surface area contributed by atoms with Crippen molar-refractivity contribution >= 4 is 17.3 Å². The van der Waals surface area contributed by atoms with E-state index in [2.05, 4.69) is 5.32 Å². The van der Waals surface area contributed by atoms with Crippen molar-refractivity contribution in [2.24, 2.45) is 11.7 Å². The quantitative estimate of drug-likeness (QED) is 0.862. The zero-order valence-electron chi connectivity index (χ0n) is 13.4. The van der Waals surface area contributed by atoms with Gasteiger partial charge in [0.15, 0.2) is 0 Å². The summed E-state index contributed by atoms with van der Waals surface area (Å²) in [5.74, 6) is 0.511. The van der Waals surface area contributed by atoms with Crippen LogP contribution in [0.15, 0.2) is 54.6 Å². The number of hydrogen-bond acceptors (Lipinski definition) is 3. The van der Waals surface area contributed by atoms with Gasteiger partial charge in [0.1, 0.15) is 0 Å². The van der Waals surface area contributed by atoms with Crippen molar-refractivity contribution in [3.63, 3.8) is 0 Å². The second-order valence-electron chi connectivity index (χ2n) is 6.12. The molecule has 2 aromatic rings. The third kappa shape index (κ3) is 3.71. The molecule has 1 aliphatic carbocycles. The maximum Gasteiger partial charge on any atom is 0.253 e. The summed E-state index contributed by atoms with van der Waals surface area (Å²) >= 11 is 0. The molecule has 0 spiro atoms. The molecular formula is C19H23N3O. The minimum absolute atomic E-state index is 0.0676. The molecule has 0 aliphatic heterocycles. The van der Waals surface area contributed by atoms with E-state index in [1.807, 2.05) is 66.5 Å². The minimum Gasteiger partial charge on any atom is -0.350 e. The molecule has 1 unspecified atom stereocenters. The lowest BCUT2D eigenvalue weighted by Crippen LogP contribution is -2.38. The molecule has 1 aliphatic rings. The molecule has 0 bridgehead atoms. The molecule has 3 N–H and O–H groups in total. The summed E-state index contributed by atoms with van der Waals surface area (Å²) in [5, 5.41) is 2.98. The van der Waals surface area contributed by atoms with Crippen molar-refractivity contribution in [3.05, 3.63) is 60.2 Å². The van der Waals surface area contributed by atoms with Crippen molar-refractivity contribution in [1.82, 2.24) is 5.32 Å². The summed E-state index contributed by atoms with van der Waals surface area (Å²) in [6.45, 7) is 0.535. The number of carbonyl (C=O) groups is 1. The lowest BCUT2D eigenvalue weighted by Gasteiger charge is -2.22. The molecule has 23 heavy (non-hydrogen) atoms. The molecule has 1 fully saturated rings. The summed E-state index contributed by atoms with van der Waals surface area (Å²) in [6.07, 6.45) is 2.37. The average molecular weight is 309 g/mol. The Hall–Kier alpha value is -2.33. The van der Waals surface area contributed by atoms with Crippen LogP contribution >= 0.6 is 0 Å². The fourth-order valence-corrected chi connectivity index (χ4v) is 2.75. The summed E-state index contributed by atoms with van der Waals surface area (Å²) in [4.78, 5) is 14.6.